The first-order valence-corrected chi connectivity index (χ1v) is 31.6. The minimum atomic E-state index is 1.27. The lowest BCUT2D eigenvalue weighted by Crippen LogP contribution is -1.83. The number of hydrogen-bond donors (Lipinski definition) is 0. The Morgan fingerprint density at radius 2 is 0.315 bits per heavy atom. The second-order valence-electron chi connectivity index (χ2n) is 23.1. The van der Waals surface area contributed by atoms with Crippen molar-refractivity contribution >= 4 is 86.2 Å². The molecule has 0 saturated heterocycles. The summed E-state index contributed by atoms with van der Waals surface area (Å²) in [6, 6.07) is 142. The third kappa shape index (κ3) is 13.1. The Bertz CT molecular complexity index is 5330. The summed E-state index contributed by atoms with van der Waals surface area (Å²) in [5, 5.41) is 20.7. The number of rotatable bonds is 5. The average molecular weight is 1170 g/mol. The lowest BCUT2D eigenvalue weighted by atomic mass is 9.94. The van der Waals surface area contributed by atoms with Crippen LogP contribution >= 0.6 is 0 Å². The number of hydrogen-bond acceptors (Lipinski definition) is 0. The first-order chi connectivity index (χ1) is 45.6. The summed E-state index contributed by atoms with van der Waals surface area (Å²) in [5.41, 5.74) is 12.9. The molecule has 434 valence electrons. The standard InChI is InChI=1S/3C20H14.2C16H12/c1-3-11-17-15(7-1)9-5-13-19(17)20-14-6-10-16-8-2-4-12-18(16)20;1-3-7-17-13-19(11-9-15(17)5-1)20-12-10-16-6-2-4-8-18(16)14-20;1-2-8-17-14-18(13-12-15(17)6-1)20-11-5-9-16-7-3-4-10-19(16)20;1-2-7-13(8-3-1)16-12-6-10-14-9-4-5-11-15(14)16;1-2-6-13(7-3-1)16-11-10-14-8-4-5-9-15(14)12-16/h3*1-14H;2*1-12H. The lowest BCUT2D eigenvalue weighted by molar-refractivity contribution is 1.64. The third-order valence-corrected chi connectivity index (χ3v) is 17.3. The van der Waals surface area contributed by atoms with Gasteiger partial charge in [0.2, 0.25) is 0 Å². The average Bonchev–Trinajstić information content (AvgIpc) is 1.81. The molecule has 0 bridgehead atoms. The fourth-order valence-corrected chi connectivity index (χ4v) is 12.6. The van der Waals surface area contributed by atoms with Crippen LogP contribution in [0.2, 0.25) is 0 Å². The van der Waals surface area contributed by atoms with Gasteiger partial charge < -0.3 is 0 Å². The Kier molecular flexibility index (Phi) is 17.3. The third-order valence-electron chi connectivity index (χ3n) is 17.3. The molecule has 0 fully saturated rings. The highest BCUT2D eigenvalue weighted by Crippen LogP contribution is 2.36. The van der Waals surface area contributed by atoms with Crippen molar-refractivity contribution in [3.05, 3.63) is 400 Å². The minimum absolute atomic E-state index is 1.27. The molecular formula is C92H66. The van der Waals surface area contributed by atoms with E-state index in [1.807, 2.05) is 6.07 Å². The van der Waals surface area contributed by atoms with Gasteiger partial charge in [0.15, 0.2) is 0 Å². The van der Waals surface area contributed by atoms with Gasteiger partial charge in [0.1, 0.15) is 0 Å². The van der Waals surface area contributed by atoms with E-state index in [1.165, 1.54) is 142 Å². The van der Waals surface area contributed by atoms with Crippen molar-refractivity contribution in [2.75, 3.05) is 0 Å². The molecule has 0 N–H and O–H groups in total. The summed E-state index contributed by atoms with van der Waals surface area (Å²) in [5.74, 6) is 0. The SMILES string of the molecule is c1ccc(-c2ccc3ccccc3c2)cc1.c1ccc(-c2cccc3ccccc23)cc1.c1ccc2c(-c3cccc4ccccc34)cccc2c1.c1ccc2cc(-c3ccc4ccccc4c3)ccc2c1.c1ccc2cc(-c3cccc4ccccc34)ccc2c1. The molecule has 0 nitrogen and oxygen atoms in total. The molecule has 0 unspecified atom stereocenters. The molecule has 0 heterocycles. The van der Waals surface area contributed by atoms with Crippen LogP contribution in [0.25, 0.3) is 142 Å². The van der Waals surface area contributed by atoms with Crippen LogP contribution in [0.5, 0.6) is 0 Å². The maximum Gasteiger partial charge on any atom is -0.00992 e. The topological polar surface area (TPSA) is 0 Å². The lowest BCUT2D eigenvalue weighted by Gasteiger charge is -2.10. The summed E-state index contributed by atoms with van der Waals surface area (Å²) >= 11 is 0. The van der Waals surface area contributed by atoms with Gasteiger partial charge in [0.25, 0.3) is 0 Å². The van der Waals surface area contributed by atoms with E-state index in [0.29, 0.717) is 0 Å². The number of fused-ring (bicyclic) bond motifs is 8. The van der Waals surface area contributed by atoms with Crippen LogP contribution in [-0.4, -0.2) is 0 Å². The molecule has 0 aromatic heterocycles. The predicted molar refractivity (Wildman–Crippen MR) is 399 cm³/mol. The second-order valence-corrected chi connectivity index (χ2v) is 23.1. The first-order valence-electron chi connectivity index (χ1n) is 31.6. The van der Waals surface area contributed by atoms with Crippen LogP contribution in [0, 0.1) is 0 Å². The molecule has 0 aliphatic heterocycles. The van der Waals surface area contributed by atoms with E-state index in [-0.39, 0.29) is 0 Å². The van der Waals surface area contributed by atoms with Crippen molar-refractivity contribution in [1.82, 2.24) is 0 Å². The van der Waals surface area contributed by atoms with Crippen molar-refractivity contribution < 1.29 is 0 Å². The van der Waals surface area contributed by atoms with Crippen LogP contribution in [-0.2, 0) is 0 Å². The quantitative estimate of drug-likeness (QED) is 0.161. The van der Waals surface area contributed by atoms with E-state index in [1.54, 1.807) is 0 Å². The smallest absolute Gasteiger partial charge is 0.00992 e. The first kappa shape index (κ1) is 57.8. The highest BCUT2D eigenvalue weighted by Gasteiger charge is 2.09. The molecule has 0 aliphatic carbocycles. The predicted octanol–water partition coefficient (Wildman–Crippen LogP) is 26.0. The van der Waals surface area contributed by atoms with Gasteiger partial charge >= 0.3 is 0 Å². The van der Waals surface area contributed by atoms with Gasteiger partial charge in [-0.15, -0.1) is 0 Å². The monoisotopic (exact) mass is 1170 g/mol. The number of benzene rings is 18. The van der Waals surface area contributed by atoms with Crippen molar-refractivity contribution in [1.29, 1.82) is 0 Å². The maximum absolute atomic E-state index is 2.27. The Morgan fingerprint density at radius 3 is 0.663 bits per heavy atom. The van der Waals surface area contributed by atoms with Crippen LogP contribution in [0.1, 0.15) is 0 Å². The highest BCUT2D eigenvalue weighted by atomic mass is 14.1. The van der Waals surface area contributed by atoms with E-state index in [9.17, 15) is 0 Å². The Hall–Kier alpha value is -12.0. The van der Waals surface area contributed by atoms with Crippen molar-refractivity contribution in [2.45, 2.75) is 0 Å². The zero-order chi connectivity index (χ0) is 61.7. The fraction of sp³-hybridized carbons (Fsp3) is 0. The van der Waals surface area contributed by atoms with E-state index in [4.69, 9.17) is 0 Å². The fourth-order valence-electron chi connectivity index (χ4n) is 12.6. The summed E-state index contributed by atoms with van der Waals surface area (Å²) in [6.07, 6.45) is 0. The van der Waals surface area contributed by atoms with Gasteiger partial charge in [-0.25, -0.2) is 0 Å². The molecule has 0 atom stereocenters. The molecule has 0 spiro atoms. The van der Waals surface area contributed by atoms with E-state index < -0.39 is 0 Å². The molecule has 18 aromatic rings. The van der Waals surface area contributed by atoms with E-state index in [2.05, 4.69) is 394 Å². The zero-order valence-corrected chi connectivity index (χ0v) is 51.1. The highest BCUT2D eigenvalue weighted by molar-refractivity contribution is 6.06. The summed E-state index contributed by atoms with van der Waals surface area (Å²) in [4.78, 5) is 0. The van der Waals surface area contributed by atoms with Crippen molar-refractivity contribution in [2.24, 2.45) is 0 Å². The van der Waals surface area contributed by atoms with Crippen LogP contribution in [0.3, 0.4) is 0 Å². The van der Waals surface area contributed by atoms with Crippen molar-refractivity contribution in [3.8, 4) is 55.6 Å². The molecule has 0 saturated carbocycles. The molecule has 18 aromatic carbocycles. The van der Waals surface area contributed by atoms with Gasteiger partial charge in [-0.1, -0.05) is 376 Å². The normalized spacial score (nSPS) is 10.8. The van der Waals surface area contributed by atoms with Gasteiger partial charge in [-0.05, 0) is 166 Å². The summed E-state index contributed by atoms with van der Waals surface area (Å²) in [7, 11) is 0. The van der Waals surface area contributed by atoms with Crippen LogP contribution in [0.15, 0.2) is 400 Å². The largest absolute Gasteiger partial charge is 0.0622 e. The van der Waals surface area contributed by atoms with Gasteiger partial charge in [-0.2, -0.15) is 0 Å². The van der Waals surface area contributed by atoms with Gasteiger partial charge in [0, 0.05) is 0 Å². The maximum atomic E-state index is 2.27. The Labute approximate surface area is 538 Å². The second kappa shape index (κ2) is 27.6. The van der Waals surface area contributed by atoms with E-state index >= 15 is 0 Å². The summed E-state index contributed by atoms with van der Waals surface area (Å²) < 4.78 is 0. The molecule has 0 radical (unpaired) electrons. The van der Waals surface area contributed by atoms with Crippen molar-refractivity contribution in [3.63, 3.8) is 0 Å². The van der Waals surface area contributed by atoms with Crippen LogP contribution in [0.4, 0.5) is 0 Å². The Balaban J connectivity index is 0.000000100. The molecule has 0 amide bonds. The molecule has 92 heavy (non-hydrogen) atoms. The zero-order valence-electron chi connectivity index (χ0n) is 51.1. The Morgan fingerprint density at radius 1 is 0.0978 bits per heavy atom. The van der Waals surface area contributed by atoms with Crippen LogP contribution < -0.4 is 0 Å². The molecule has 0 aliphatic rings. The molecular weight excluding hydrogens is 1110 g/mol. The minimum Gasteiger partial charge on any atom is -0.0622 e. The summed E-state index contributed by atoms with van der Waals surface area (Å²) in [6.45, 7) is 0. The van der Waals surface area contributed by atoms with Gasteiger partial charge in [0.05, 0.1) is 0 Å². The molecule has 0 heteroatoms. The van der Waals surface area contributed by atoms with E-state index in [0.717, 1.165) is 0 Å². The molecule has 18 rings (SSSR count). The van der Waals surface area contributed by atoms with Gasteiger partial charge in [-0.3, -0.25) is 0 Å².